The number of rotatable bonds is 2. The highest BCUT2D eigenvalue weighted by Gasteiger charge is 2.12. The molecule has 0 amide bonds. The Labute approximate surface area is 93.5 Å². The fourth-order valence-electron chi connectivity index (χ4n) is 1.39. The fraction of sp³-hybridized carbons (Fsp3) is 0.600. The van der Waals surface area contributed by atoms with Crippen LogP contribution in [0.15, 0.2) is 15.6 Å². The first kappa shape index (κ1) is 10.5. The molecule has 2 rings (SSSR count). The average molecular weight is 225 g/mol. The van der Waals surface area contributed by atoms with Gasteiger partial charge in [-0.3, -0.25) is 4.99 Å². The number of aryl methyl sites for hydroxylation is 1. The molecule has 1 atom stereocenters. The van der Waals surface area contributed by atoms with E-state index in [0.717, 1.165) is 22.4 Å². The lowest BCUT2D eigenvalue weighted by molar-refractivity contribution is 0.381. The summed E-state index contributed by atoms with van der Waals surface area (Å²) >= 11 is 1.77. The zero-order valence-electron chi connectivity index (χ0n) is 8.99. The molecule has 15 heavy (non-hydrogen) atoms. The number of amidine groups is 1. The first-order chi connectivity index (χ1) is 7.24. The van der Waals surface area contributed by atoms with Gasteiger partial charge in [0.1, 0.15) is 6.54 Å². The zero-order chi connectivity index (χ0) is 10.7. The Balaban J connectivity index is 1.93. The maximum absolute atomic E-state index is 5.09. The Hall–Kier alpha value is -0.970. The van der Waals surface area contributed by atoms with Crippen LogP contribution in [0.5, 0.6) is 0 Å². The third kappa shape index (κ3) is 2.99. The van der Waals surface area contributed by atoms with Crippen LogP contribution in [0.25, 0.3) is 0 Å². The summed E-state index contributed by atoms with van der Waals surface area (Å²) in [5, 5.41) is 8.18. The first-order valence-electron chi connectivity index (χ1n) is 5.10. The second kappa shape index (κ2) is 4.70. The van der Waals surface area contributed by atoms with Crippen molar-refractivity contribution in [2.75, 3.05) is 5.75 Å². The molecule has 1 aliphatic heterocycles. The molecule has 1 aliphatic rings. The summed E-state index contributed by atoms with van der Waals surface area (Å²) < 4.78 is 5.09. The molecule has 0 aliphatic carbocycles. The molecule has 0 saturated carbocycles. The van der Waals surface area contributed by atoms with Crippen LogP contribution in [0, 0.1) is 6.92 Å². The van der Waals surface area contributed by atoms with Crippen LogP contribution in [-0.4, -0.2) is 22.1 Å². The molecule has 0 aromatic carbocycles. The molecule has 4 nitrogen and oxygen atoms in total. The van der Waals surface area contributed by atoms with E-state index in [2.05, 4.69) is 22.4 Å². The van der Waals surface area contributed by atoms with E-state index in [-0.39, 0.29) is 0 Å². The van der Waals surface area contributed by atoms with Gasteiger partial charge >= 0.3 is 0 Å². The van der Waals surface area contributed by atoms with Crippen LogP contribution >= 0.6 is 11.8 Å². The molecule has 1 aromatic heterocycles. The van der Waals surface area contributed by atoms with E-state index in [9.17, 15) is 0 Å². The maximum atomic E-state index is 5.09. The molecular weight excluding hydrogens is 210 g/mol. The predicted octanol–water partition coefficient (Wildman–Crippen LogP) is 1.95. The summed E-state index contributed by atoms with van der Waals surface area (Å²) in [6.07, 6.45) is 1.20. The monoisotopic (exact) mass is 225 g/mol. The molecule has 0 bridgehead atoms. The van der Waals surface area contributed by atoms with Crippen molar-refractivity contribution in [3.8, 4) is 0 Å². The summed E-state index contributed by atoms with van der Waals surface area (Å²) in [4.78, 5) is 4.45. The molecule has 1 unspecified atom stereocenters. The van der Waals surface area contributed by atoms with Gasteiger partial charge in [0.05, 0.1) is 5.69 Å². The SMILES string of the molecule is Cc1cc(CN=C2NC(C)CCS2)on1. The summed E-state index contributed by atoms with van der Waals surface area (Å²) in [5.41, 5.74) is 0.905. The molecule has 82 valence electrons. The third-order valence-electron chi connectivity index (χ3n) is 2.21. The van der Waals surface area contributed by atoms with E-state index >= 15 is 0 Å². The van der Waals surface area contributed by atoms with Crippen LogP contribution in [0.2, 0.25) is 0 Å². The molecule has 0 spiro atoms. The van der Waals surface area contributed by atoms with Crippen LogP contribution < -0.4 is 5.32 Å². The Kier molecular flexibility index (Phi) is 3.30. The molecule has 1 fully saturated rings. The van der Waals surface area contributed by atoms with Gasteiger partial charge in [-0.15, -0.1) is 0 Å². The topological polar surface area (TPSA) is 50.4 Å². The molecule has 1 aromatic rings. The highest BCUT2D eigenvalue weighted by molar-refractivity contribution is 8.13. The summed E-state index contributed by atoms with van der Waals surface area (Å²) in [7, 11) is 0. The molecule has 2 heterocycles. The number of nitrogens with one attached hydrogen (secondary N) is 1. The van der Waals surface area contributed by atoms with Crippen LogP contribution in [0.1, 0.15) is 24.8 Å². The van der Waals surface area contributed by atoms with Crippen molar-refractivity contribution < 1.29 is 4.52 Å². The number of hydrogen-bond donors (Lipinski definition) is 1. The van der Waals surface area contributed by atoms with Gasteiger partial charge in [-0.25, -0.2) is 0 Å². The van der Waals surface area contributed by atoms with Gasteiger partial charge in [-0.05, 0) is 20.3 Å². The van der Waals surface area contributed by atoms with E-state index in [0.29, 0.717) is 12.6 Å². The minimum Gasteiger partial charge on any atom is -0.362 e. The lowest BCUT2D eigenvalue weighted by atomic mass is 10.3. The molecule has 1 N–H and O–H groups in total. The van der Waals surface area contributed by atoms with Crippen molar-refractivity contribution in [3.63, 3.8) is 0 Å². The van der Waals surface area contributed by atoms with Crippen LogP contribution in [-0.2, 0) is 6.54 Å². The van der Waals surface area contributed by atoms with E-state index < -0.39 is 0 Å². The zero-order valence-corrected chi connectivity index (χ0v) is 9.80. The molecule has 0 radical (unpaired) electrons. The van der Waals surface area contributed by atoms with Crippen molar-refractivity contribution in [2.45, 2.75) is 32.9 Å². The first-order valence-corrected chi connectivity index (χ1v) is 6.08. The van der Waals surface area contributed by atoms with Crippen molar-refractivity contribution in [2.24, 2.45) is 4.99 Å². The van der Waals surface area contributed by atoms with Crippen LogP contribution in [0.4, 0.5) is 0 Å². The second-order valence-corrected chi connectivity index (χ2v) is 4.82. The minimum atomic E-state index is 0.529. The highest BCUT2D eigenvalue weighted by Crippen LogP contribution is 2.14. The summed E-state index contributed by atoms with van der Waals surface area (Å²) in [5.74, 6) is 1.96. The highest BCUT2D eigenvalue weighted by atomic mass is 32.2. The molecular formula is C10H15N3OS. The van der Waals surface area contributed by atoms with E-state index in [1.54, 1.807) is 11.8 Å². The number of hydrogen-bond acceptors (Lipinski definition) is 4. The van der Waals surface area contributed by atoms with Gasteiger partial charge in [0.25, 0.3) is 0 Å². The number of thioether (sulfide) groups is 1. The van der Waals surface area contributed by atoms with Gasteiger partial charge < -0.3 is 9.84 Å². The van der Waals surface area contributed by atoms with Gasteiger partial charge in [-0.1, -0.05) is 16.9 Å². The van der Waals surface area contributed by atoms with Crippen molar-refractivity contribution >= 4 is 16.9 Å². The average Bonchev–Trinajstić information content (AvgIpc) is 2.62. The van der Waals surface area contributed by atoms with Gasteiger partial charge in [0, 0.05) is 17.9 Å². The lowest BCUT2D eigenvalue weighted by Crippen LogP contribution is -2.35. The Morgan fingerprint density at radius 1 is 1.73 bits per heavy atom. The van der Waals surface area contributed by atoms with E-state index in [4.69, 9.17) is 4.52 Å². The largest absolute Gasteiger partial charge is 0.362 e. The van der Waals surface area contributed by atoms with Crippen molar-refractivity contribution in [1.82, 2.24) is 10.5 Å². The van der Waals surface area contributed by atoms with Gasteiger partial charge in [0.2, 0.25) is 0 Å². The quantitative estimate of drug-likeness (QED) is 0.836. The van der Waals surface area contributed by atoms with Gasteiger partial charge in [-0.2, -0.15) is 0 Å². The maximum Gasteiger partial charge on any atom is 0.158 e. The summed E-state index contributed by atoms with van der Waals surface area (Å²) in [6, 6.07) is 2.45. The number of aliphatic imine (C=N–C) groups is 1. The van der Waals surface area contributed by atoms with E-state index in [1.165, 1.54) is 6.42 Å². The smallest absolute Gasteiger partial charge is 0.158 e. The Morgan fingerprint density at radius 2 is 2.60 bits per heavy atom. The number of aromatic nitrogens is 1. The van der Waals surface area contributed by atoms with E-state index in [1.807, 2.05) is 13.0 Å². The predicted molar refractivity (Wildman–Crippen MR) is 62.1 cm³/mol. The standard InChI is InChI=1S/C10H15N3OS/c1-7-3-4-15-10(12-7)11-6-9-5-8(2)13-14-9/h5,7H,3-4,6H2,1-2H3,(H,11,12). The van der Waals surface area contributed by atoms with Crippen LogP contribution in [0.3, 0.4) is 0 Å². The Morgan fingerprint density at radius 3 is 3.27 bits per heavy atom. The van der Waals surface area contributed by atoms with Crippen molar-refractivity contribution in [1.29, 1.82) is 0 Å². The van der Waals surface area contributed by atoms with Gasteiger partial charge in [0.15, 0.2) is 10.9 Å². The normalized spacial score (nSPS) is 24.1. The third-order valence-corrected chi connectivity index (χ3v) is 3.17. The molecule has 5 heteroatoms. The second-order valence-electron chi connectivity index (χ2n) is 3.74. The number of nitrogens with zero attached hydrogens (tertiary/aromatic N) is 2. The summed E-state index contributed by atoms with van der Waals surface area (Å²) in [6.45, 7) is 4.66. The lowest BCUT2D eigenvalue weighted by Gasteiger charge is -2.21. The van der Waals surface area contributed by atoms with Crippen molar-refractivity contribution in [3.05, 3.63) is 17.5 Å². The minimum absolute atomic E-state index is 0.529. The fourth-order valence-corrected chi connectivity index (χ4v) is 2.49. The molecule has 1 saturated heterocycles. The Bertz CT molecular complexity index is 361.